The van der Waals surface area contributed by atoms with Crippen LogP contribution < -0.4 is 10.8 Å². The van der Waals surface area contributed by atoms with E-state index >= 15 is 0 Å². The van der Waals surface area contributed by atoms with Gasteiger partial charge in [-0.3, -0.25) is 0 Å². The highest BCUT2D eigenvalue weighted by Gasteiger charge is 2.41. The predicted octanol–water partition coefficient (Wildman–Crippen LogP) is 2.45. The molecule has 1 aromatic rings. The van der Waals surface area contributed by atoms with Gasteiger partial charge in [0.1, 0.15) is 0 Å². The van der Waals surface area contributed by atoms with Gasteiger partial charge in [0.15, 0.2) is 0 Å². The summed E-state index contributed by atoms with van der Waals surface area (Å²) >= 11 is 0. The third-order valence-electron chi connectivity index (χ3n) is 2.23. The number of halogens is 3. The molecule has 5 nitrogen and oxygen atoms in total. The molecule has 0 radical (unpaired) electrons. The summed E-state index contributed by atoms with van der Waals surface area (Å²) in [6, 6.07) is 3.83. The lowest BCUT2D eigenvalue weighted by atomic mass is 10.1. The minimum Gasteiger partial charge on any atom is -0.331 e. The van der Waals surface area contributed by atoms with Crippen LogP contribution in [0.2, 0.25) is 0 Å². The Kier molecular flexibility index (Phi) is 4.36. The van der Waals surface area contributed by atoms with Gasteiger partial charge in [-0.25, -0.2) is 9.59 Å². The van der Waals surface area contributed by atoms with E-state index in [0.29, 0.717) is 5.69 Å². The Bertz CT molecular complexity index is 500. The van der Waals surface area contributed by atoms with Crippen molar-refractivity contribution in [1.82, 2.24) is 5.48 Å². The first-order valence-electron chi connectivity index (χ1n) is 5.12. The highest BCUT2D eigenvalue weighted by Crippen LogP contribution is 2.16. The van der Waals surface area contributed by atoms with E-state index in [-0.39, 0.29) is 0 Å². The van der Waals surface area contributed by atoms with Crippen molar-refractivity contribution in [2.45, 2.75) is 20.0 Å². The Labute approximate surface area is 106 Å². The smallest absolute Gasteiger partial charge is 0.331 e. The number of carbonyl (C=O) groups excluding carboxylic acids is 2. The third kappa shape index (κ3) is 4.49. The number of nitrogens with one attached hydrogen (secondary N) is 2. The summed E-state index contributed by atoms with van der Waals surface area (Å²) < 4.78 is 35.3. The normalized spacial score (nSPS) is 10.8. The quantitative estimate of drug-likeness (QED) is 0.774. The molecule has 2 amide bonds. The molecule has 0 aliphatic heterocycles. The number of hydroxylamine groups is 1. The fourth-order valence-corrected chi connectivity index (χ4v) is 1.13. The molecule has 1 aromatic carbocycles. The third-order valence-corrected chi connectivity index (χ3v) is 2.23. The van der Waals surface area contributed by atoms with Crippen LogP contribution in [-0.2, 0) is 9.63 Å². The van der Waals surface area contributed by atoms with Crippen LogP contribution in [0, 0.1) is 13.8 Å². The molecule has 0 saturated heterocycles. The summed E-state index contributed by atoms with van der Waals surface area (Å²) in [5, 5.41) is 2.22. The maximum atomic E-state index is 11.8. The Hall–Kier alpha value is -2.25. The molecule has 104 valence electrons. The summed E-state index contributed by atoms with van der Waals surface area (Å²) in [5.41, 5.74) is 3.60. The van der Waals surface area contributed by atoms with E-state index in [1.54, 1.807) is 18.2 Å². The Morgan fingerprint density at radius 3 is 2.32 bits per heavy atom. The van der Waals surface area contributed by atoms with Crippen LogP contribution in [0.15, 0.2) is 18.2 Å². The zero-order chi connectivity index (χ0) is 14.6. The van der Waals surface area contributed by atoms with E-state index in [1.165, 1.54) is 5.48 Å². The van der Waals surface area contributed by atoms with Crippen molar-refractivity contribution in [3.63, 3.8) is 0 Å². The van der Waals surface area contributed by atoms with Gasteiger partial charge in [-0.05, 0) is 37.1 Å². The van der Waals surface area contributed by atoms with Crippen LogP contribution in [-0.4, -0.2) is 18.2 Å². The standard InChI is InChI=1S/C11H11F3N2O3/c1-6-3-4-8(5-7(6)2)15-10(18)16-19-9(17)11(12,13)14/h3-5H,1-2H3,(H2,15,16,18). The lowest BCUT2D eigenvalue weighted by Gasteiger charge is -2.09. The first-order valence-corrected chi connectivity index (χ1v) is 5.12. The van der Waals surface area contributed by atoms with Crippen molar-refractivity contribution < 1.29 is 27.6 Å². The first-order chi connectivity index (χ1) is 8.70. The molecule has 0 bridgehead atoms. The van der Waals surface area contributed by atoms with Crippen molar-refractivity contribution in [1.29, 1.82) is 0 Å². The highest BCUT2D eigenvalue weighted by molar-refractivity contribution is 5.89. The van der Waals surface area contributed by atoms with Gasteiger partial charge in [0.05, 0.1) is 0 Å². The molecular formula is C11H11F3N2O3. The minimum absolute atomic E-state index is 0.364. The number of anilines is 1. The maximum absolute atomic E-state index is 11.8. The van der Waals surface area contributed by atoms with E-state index in [9.17, 15) is 22.8 Å². The van der Waals surface area contributed by atoms with Crippen molar-refractivity contribution >= 4 is 17.7 Å². The zero-order valence-corrected chi connectivity index (χ0v) is 10.1. The van der Waals surface area contributed by atoms with Crippen molar-refractivity contribution in [2.75, 3.05) is 5.32 Å². The van der Waals surface area contributed by atoms with Gasteiger partial charge in [0.2, 0.25) is 0 Å². The van der Waals surface area contributed by atoms with E-state index in [2.05, 4.69) is 10.2 Å². The summed E-state index contributed by atoms with van der Waals surface area (Å²) in [5.74, 6) is -2.50. The molecule has 0 aliphatic rings. The summed E-state index contributed by atoms with van der Waals surface area (Å²) in [7, 11) is 0. The molecule has 1 rings (SSSR count). The van der Waals surface area contributed by atoms with Gasteiger partial charge >= 0.3 is 18.2 Å². The van der Waals surface area contributed by atoms with Crippen LogP contribution >= 0.6 is 0 Å². The number of urea groups is 1. The highest BCUT2D eigenvalue weighted by atomic mass is 19.4. The number of alkyl halides is 3. The number of hydrogen-bond donors (Lipinski definition) is 2. The summed E-state index contributed by atoms with van der Waals surface area (Å²) in [4.78, 5) is 25.1. The van der Waals surface area contributed by atoms with E-state index < -0.39 is 18.2 Å². The molecule has 19 heavy (non-hydrogen) atoms. The van der Waals surface area contributed by atoms with Crippen molar-refractivity contribution in [3.05, 3.63) is 29.3 Å². The lowest BCUT2D eigenvalue weighted by molar-refractivity contribution is -0.204. The zero-order valence-electron chi connectivity index (χ0n) is 10.1. The summed E-state index contributed by atoms with van der Waals surface area (Å²) in [6.07, 6.45) is -5.16. The van der Waals surface area contributed by atoms with Gasteiger partial charge in [0, 0.05) is 5.69 Å². The second-order valence-electron chi connectivity index (χ2n) is 3.74. The number of rotatable bonds is 1. The van der Waals surface area contributed by atoms with Gasteiger partial charge < -0.3 is 10.2 Å². The number of amides is 2. The fourth-order valence-electron chi connectivity index (χ4n) is 1.13. The summed E-state index contributed by atoms with van der Waals surface area (Å²) in [6.45, 7) is 3.67. The average molecular weight is 276 g/mol. The average Bonchev–Trinajstić information content (AvgIpc) is 2.29. The molecule has 8 heteroatoms. The fraction of sp³-hybridized carbons (Fsp3) is 0.273. The molecule has 0 unspecified atom stereocenters. The molecule has 0 aromatic heterocycles. The van der Waals surface area contributed by atoms with Gasteiger partial charge in [0.25, 0.3) is 0 Å². The molecule has 0 aliphatic carbocycles. The Morgan fingerprint density at radius 2 is 1.79 bits per heavy atom. The molecule has 0 heterocycles. The number of carbonyl (C=O) groups is 2. The molecule has 0 fully saturated rings. The van der Waals surface area contributed by atoms with Crippen LogP contribution in [0.5, 0.6) is 0 Å². The monoisotopic (exact) mass is 276 g/mol. The van der Waals surface area contributed by atoms with E-state index in [4.69, 9.17) is 0 Å². The molecule has 0 atom stereocenters. The molecule has 0 saturated carbocycles. The topological polar surface area (TPSA) is 67.4 Å². The Morgan fingerprint density at radius 1 is 1.16 bits per heavy atom. The SMILES string of the molecule is Cc1ccc(NC(=O)NOC(=O)C(F)(F)F)cc1C. The predicted molar refractivity (Wildman–Crippen MR) is 60.2 cm³/mol. The van der Waals surface area contributed by atoms with Crippen LogP contribution in [0.25, 0.3) is 0 Å². The molecule has 2 N–H and O–H groups in total. The number of aryl methyl sites for hydroxylation is 2. The minimum atomic E-state index is -5.16. The van der Waals surface area contributed by atoms with Crippen molar-refractivity contribution in [3.8, 4) is 0 Å². The van der Waals surface area contributed by atoms with Crippen LogP contribution in [0.4, 0.5) is 23.7 Å². The Balaban J connectivity index is 2.52. The molecular weight excluding hydrogens is 265 g/mol. The van der Waals surface area contributed by atoms with Gasteiger partial charge in [-0.15, -0.1) is 0 Å². The number of hydrogen-bond acceptors (Lipinski definition) is 3. The largest absolute Gasteiger partial charge is 0.493 e. The number of benzene rings is 1. The molecule has 0 spiro atoms. The second kappa shape index (κ2) is 5.59. The van der Waals surface area contributed by atoms with Crippen LogP contribution in [0.1, 0.15) is 11.1 Å². The van der Waals surface area contributed by atoms with Crippen molar-refractivity contribution in [2.24, 2.45) is 0 Å². The lowest BCUT2D eigenvalue weighted by Crippen LogP contribution is -2.36. The van der Waals surface area contributed by atoms with Gasteiger partial charge in [-0.1, -0.05) is 6.07 Å². The van der Waals surface area contributed by atoms with Crippen LogP contribution in [0.3, 0.4) is 0 Å². The van der Waals surface area contributed by atoms with E-state index in [1.807, 2.05) is 13.8 Å². The maximum Gasteiger partial charge on any atom is 0.493 e. The van der Waals surface area contributed by atoms with Gasteiger partial charge in [-0.2, -0.15) is 18.7 Å². The second-order valence-corrected chi connectivity index (χ2v) is 3.74. The van der Waals surface area contributed by atoms with E-state index in [0.717, 1.165) is 11.1 Å². The first kappa shape index (κ1) is 14.8.